The Hall–Kier alpha value is -1.85. The first kappa shape index (κ1) is 15.5. The third kappa shape index (κ3) is 4.58. The monoisotopic (exact) mass is 322 g/mol. The Bertz CT molecular complexity index is 611. The third-order valence-electron chi connectivity index (χ3n) is 2.90. The largest absolute Gasteiger partial charge is 0.348 e. The van der Waals surface area contributed by atoms with Gasteiger partial charge >= 0.3 is 0 Å². The molecule has 0 bridgehead atoms. The molecule has 0 aliphatic rings. The topological polar surface area (TPSA) is 58.2 Å². The summed E-state index contributed by atoms with van der Waals surface area (Å²) in [4.78, 5) is 24.1. The molecule has 0 aliphatic carbocycles. The summed E-state index contributed by atoms with van der Waals surface area (Å²) in [5.74, 6) is -0.471. The molecule has 0 spiro atoms. The van der Waals surface area contributed by atoms with E-state index in [-0.39, 0.29) is 24.4 Å². The zero-order valence-corrected chi connectivity index (χ0v) is 13.0. The molecule has 0 radical (unpaired) electrons. The minimum Gasteiger partial charge on any atom is -0.348 e. The van der Waals surface area contributed by atoms with Crippen molar-refractivity contribution < 1.29 is 9.59 Å². The molecule has 0 aliphatic heterocycles. The summed E-state index contributed by atoms with van der Waals surface area (Å²) in [6.07, 6.45) is 0. The third-order valence-corrected chi connectivity index (χ3v) is 4.02. The SMILES string of the molecule is CC(NC(=O)CNC(=O)c1cccs1)c1ccc(Cl)cc1. The molecule has 6 heteroatoms. The Morgan fingerprint density at radius 2 is 1.95 bits per heavy atom. The van der Waals surface area contributed by atoms with Gasteiger partial charge in [0, 0.05) is 5.02 Å². The lowest BCUT2D eigenvalue weighted by Crippen LogP contribution is -2.37. The Morgan fingerprint density at radius 3 is 2.57 bits per heavy atom. The molecule has 0 saturated heterocycles. The number of carbonyl (C=O) groups excluding carboxylic acids is 2. The first-order valence-electron chi connectivity index (χ1n) is 6.43. The minimum absolute atomic E-state index is 0.0470. The predicted octanol–water partition coefficient (Wildman–Crippen LogP) is 3.01. The number of halogens is 1. The molecule has 1 aromatic heterocycles. The van der Waals surface area contributed by atoms with Gasteiger partial charge in [0.15, 0.2) is 0 Å². The van der Waals surface area contributed by atoms with E-state index in [4.69, 9.17) is 11.6 Å². The van der Waals surface area contributed by atoms with Gasteiger partial charge in [-0.3, -0.25) is 9.59 Å². The first-order chi connectivity index (χ1) is 10.1. The van der Waals surface area contributed by atoms with E-state index in [2.05, 4.69) is 10.6 Å². The van der Waals surface area contributed by atoms with Crippen LogP contribution in [0.25, 0.3) is 0 Å². The van der Waals surface area contributed by atoms with Crippen molar-refractivity contribution in [2.75, 3.05) is 6.54 Å². The van der Waals surface area contributed by atoms with Gasteiger partial charge in [0.05, 0.1) is 17.5 Å². The number of hydrogen-bond acceptors (Lipinski definition) is 3. The summed E-state index contributed by atoms with van der Waals surface area (Å²) < 4.78 is 0. The molecule has 1 unspecified atom stereocenters. The molecular formula is C15H15ClN2O2S. The molecule has 4 nitrogen and oxygen atoms in total. The van der Waals surface area contributed by atoms with Crippen molar-refractivity contribution >= 4 is 34.8 Å². The Morgan fingerprint density at radius 1 is 1.24 bits per heavy atom. The molecule has 110 valence electrons. The summed E-state index contributed by atoms with van der Waals surface area (Å²) in [5.41, 5.74) is 0.956. The fourth-order valence-electron chi connectivity index (χ4n) is 1.78. The molecule has 21 heavy (non-hydrogen) atoms. The van der Waals surface area contributed by atoms with Crippen LogP contribution < -0.4 is 10.6 Å². The maximum atomic E-state index is 11.8. The van der Waals surface area contributed by atoms with Crippen LogP contribution in [0.1, 0.15) is 28.2 Å². The molecule has 2 rings (SSSR count). The lowest BCUT2D eigenvalue weighted by Gasteiger charge is -2.14. The van der Waals surface area contributed by atoms with Crippen LogP contribution in [0.3, 0.4) is 0 Å². The van der Waals surface area contributed by atoms with Crippen LogP contribution in [0.15, 0.2) is 41.8 Å². The molecule has 1 aromatic carbocycles. The van der Waals surface area contributed by atoms with Crippen molar-refractivity contribution in [3.63, 3.8) is 0 Å². The summed E-state index contributed by atoms with van der Waals surface area (Å²) in [6, 6.07) is 10.6. The fourth-order valence-corrected chi connectivity index (χ4v) is 2.55. The number of amides is 2. The zero-order chi connectivity index (χ0) is 15.2. The smallest absolute Gasteiger partial charge is 0.261 e. The van der Waals surface area contributed by atoms with Crippen molar-refractivity contribution in [1.82, 2.24) is 10.6 Å². The number of hydrogen-bond donors (Lipinski definition) is 2. The van der Waals surface area contributed by atoms with Gasteiger partial charge in [0.25, 0.3) is 5.91 Å². The van der Waals surface area contributed by atoms with E-state index < -0.39 is 0 Å². The van der Waals surface area contributed by atoms with Crippen LogP contribution in [0.5, 0.6) is 0 Å². The first-order valence-corrected chi connectivity index (χ1v) is 7.68. The van der Waals surface area contributed by atoms with E-state index in [1.807, 2.05) is 24.4 Å². The van der Waals surface area contributed by atoms with Crippen LogP contribution in [0, 0.1) is 0 Å². The number of rotatable bonds is 5. The van der Waals surface area contributed by atoms with Crippen LogP contribution in [0.4, 0.5) is 0 Å². The highest BCUT2D eigenvalue weighted by atomic mass is 35.5. The average molecular weight is 323 g/mol. The fraction of sp³-hybridized carbons (Fsp3) is 0.200. The minimum atomic E-state index is -0.237. The maximum absolute atomic E-state index is 11.8. The highest BCUT2D eigenvalue weighted by molar-refractivity contribution is 7.12. The normalized spacial score (nSPS) is 11.7. The number of benzene rings is 1. The van der Waals surface area contributed by atoms with E-state index in [1.165, 1.54) is 11.3 Å². The number of nitrogens with one attached hydrogen (secondary N) is 2. The quantitative estimate of drug-likeness (QED) is 0.889. The van der Waals surface area contributed by atoms with E-state index in [9.17, 15) is 9.59 Å². The van der Waals surface area contributed by atoms with Crippen LogP contribution in [-0.4, -0.2) is 18.4 Å². The second-order valence-electron chi connectivity index (χ2n) is 4.50. The van der Waals surface area contributed by atoms with Crippen molar-refractivity contribution in [3.8, 4) is 0 Å². The molecule has 1 heterocycles. The Labute approximate surface area is 132 Å². The number of thiophene rings is 1. The van der Waals surface area contributed by atoms with Gasteiger partial charge in [-0.2, -0.15) is 0 Å². The van der Waals surface area contributed by atoms with Crippen LogP contribution >= 0.6 is 22.9 Å². The van der Waals surface area contributed by atoms with Gasteiger partial charge in [-0.15, -0.1) is 11.3 Å². The lowest BCUT2D eigenvalue weighted by molar-refractivity contribution is -0.120. The van der Waals surface area contributed by atoms with E-state index in [0.29, 0.717) is 9.90 Å². The van der Waals surface area contributed by atoms with E-state index >= 15 is 0 Å². The Kier molecular flexibility index (Phi) is 5.36. The van der Waals surface area contributed by atoms with Gasteiger partial charge < -0.3 is 10.6 Å². The highest BCUT2D eigenvalue weighted by Gasteiger charge is 2.12. The summed E-state index contributed by atoms with van der Waals surface area (Å²) in [7, 11) is 0. The molecule has 1 atom stereocenters. The molecule has 2 aromatic rings. The van der Waals surface area contributed by atoms with Crippen LogP contribution in [-0.2, 0) is 4.79 Å². The van der Waals surface area contributed by atoms with Crippen molar-refractivity contribution in [1.29, 1.82) is 0 Å². The van der Waals surface area contributed by atoms with Gasteiger partial charge in [-0.05, 0) is 36.1 Å². The van der Waals surface area contributed by atoms with Gasteiger partial charge in [0.1, 0.15) is 0 Å². The Balaban J connectivity index is 1.81. The van der Waals surface area contributed by atoms with E-state index in [0.717, 1.165) is 5.56 Å². The molecular weight excluding hydrogens is 308 g/mol. The zero-order valence-electron chi connectivity index (χ0n) is 11.4. The average Bonchev–Trinajstić information content (AvgIpc) is 2.99. The second-order valence-corrected chi connectivity index (χ2v) is 5.88. The summed E-state index contributed by atoms with van der Waals surface area (Å²) >= 11 is 7.16. The van der Waals surface area contributed by atoms with E-state index in [1.54, 1.807) is 24.3 Å². The van der Waals surface area contributed by atoms with Gasteiger partial charge in [-0.1, -0.05) is 29.8 Å². The number of carbonyl (C=O) groups is 2. The summed E-state index contributed by atoms with van der Waals surface area (Å²) in [5, 5.41) is 7.88. The summed E-state index contributed by atoms with van der Waals surface area (Å²) in [6.45, 7) is 1.83. The second kappa shape index (κ2) is 7.24. The maximum Gasteiger partial charge on any atom is 0.261 e. The van der Waals surface area contributed by atoms with Crippen LogP contribution in [0.2, 0.25) is 5.02 Å². The molecule has 0 fully saturated rings. The lowest BCUT2D eigenvalue weighted by atomic mass is 10.1. The standard InChI is InChI=1S/C15H15ClN2O2S/c1-10(11-4-6-12(16)7-5-11)18-14(19)9-17-15(20)13-3-2-8-21-13/h2-8,10H,9H2,1H3,(H,17,20)(H,18,19). The van der Waals surface area contributed by atoms with Crippen molar-refractivity contribution in [2.45, 2.75) is 13.0 Å². The van der Waals surface area contributed by atoms with Crippen molar-refractivity contribution in [2.24, 2.45) is 0 Å². The van der Waals surface area contributed by atoms with Gasteiger partial charge in [-0.25, -0.2) is 0 Å². The van der Waals surface area contributed by atoms with Gasteiger partial charge in [0.2, 0.25) is 5.91 Å². The molecule has 0 saturated carbocycles. The molecule has 2 N–H and O–H groups in total. The predicted molar refractivity (Wildman–Crippen MR) is 84.7 cm³/mol. The highest BCUT2D eigenvalue weighted by Crippen LogP contribution is 2.15. The van der Waals surface area contributed by atoms with Crippen molar-refractivity contribution in [3.05, 3.63) is 57.2 Å². The molecule has 2 amide bonds.